The van der Waals surface area contributed by atoms with Crippen LogP contribution < -0.4 is 15.5 Å². The minimum atomic E-state index is -0.603. The lowest BCUT2D eigenvalue weighted by atomic mass is 10.0. The van der Waals surface area contributed by atoms with Crippen LogP contribution in [0.5, 0.6) is 0 Å². The van der Waals surface area contributed by atoms with Gasteiger partial charge in [0.15, 0.2) is 0 Å². The number of benzene rings is 2. The van der Waals surface area contributed by atoms with Crippen molar-refractivity contribution in [3.05, 3.63) is 71.9 Å². The van der Waals surface area contributed by atoms with Crippen LogP contribution in [-0.2, 0) is 27.3 Å². The molecule has 4 rings (SSSR count). The number of carbonyl (C=O) groups is 2. The Balaban J connectivity index is 1.34. The number of carbonyl (C=O) groups excluding carboxylic acids is 2. The van der Waals surface area contributed by atoms with Crippen molar-refractivity contribution in [1.29, 1.82) is 0 Å². The molecule has 1 aromatic heterocycles. The smallest absolute Gasteiger partial charge is 0.243 e. The number of nitrogens with zero attached hydrogens (tertiary/aromatic N) is 2. The van der Waals surface area contributed by atoms with Gasteiger partial charge in [-0.3, -0.25) is 9.59 Å². The first-order chi connectivity index (χ1) is 16.5. The Kier molecular flexibility index (Phi) is 7.75. The number of hydrogen-bond donors (Lipinski definition) is 2. The van der Waals surface area contributed by atoms with Crippen molar-refractivity contribution in [3.63, 3.8) is 0 Å². The largest absolute Gasteiger partial charge is 0.378 e. The van der Waals surface area contributed by atoms with Gasteiger partial charge in [0, 0.05) is 25.8 Å². The first-order valence-corrected chi connectivity index (χ1v) is 11.8. The fourth-order valence-electron chi connectivity index (χ4n) is 4.13. The van der Waals surface area contributed by atoms with Crippen LogP contribution in [-0.4, -0.2) is 49.1 Å². The summed E-state index contributed by atoms with van der Waals surface area (Å²) in [6.45, 7) is 7.24. The lowest BCUT2D eigenvalue weighted by molar-refractivity contribution is -0.129. The number of nitrogens with one attached hydrogen (secondary N) is 2. The van der Waals surface area contributed by atoms with Crippen molar-refractivity contribution in [1.82, 2.24) is 15.6 Å². The maximum Gasteiger partial charge on any atom is 0.243 e. The monoisotopic (exact) mass is 460 g/mol. The molecule has 0 saturated carbocycles. The van der Waals surface area contributed by atoms with Crippen molar-refractivity contribution < 1.29 is 14.3 Å². The standard InChI is InChI=1S/C27H32N4O3/c1-19(2)26(30-25(32)17-20-7-8-22-5-3-4-6-23(22)15-20)27(33)29-18-21-9-10-28-24(16-21)31-11-13-34-14-12-31/h3-10,15-16,19,26H,11-14,17-18H2,1-2H3,(H,29,33)(H,30,32). The molecule has 7 heteroatoms. The van der Waals surface area contributed by atoms with E-state index in [9.17, 15) is 9.59 Å². The number of rotatable bonds is 8. The molecule has 2 amide bonds. The highest BCUT2D eigenvalue weighted by Gasteiger charge is 2.24. The first-order valence-electron chi connectivity index (χ1n) is 11.8. The fraction of sp³-hybridized carbons (Fsp3) is 0.370. The predicted molar refractivity (Wildman–Crippen MR) is 134 cm³/mol. The highest BCUT2D eigenvalue weighted by Crippen LogP contribution is 2.17. The summed E-state index contributed by atoms with van der Waals surface area (Å²) in [5, 5.41) is 8.14. The molecule has 34 heavy (non-hydrogen) atoms. The van der Waals surface area contributed by atoms with Gasteiger partial charge in [-0.2, -0.15) is 0 Å². The average molecular weight is 461 g/mol. The third kappa shape index (κ3) is 6.11. The normalized spacial score (nSPS) is 14.7. The molecule has 1 fully saturated rings. The Morgan fingerprint density at radius 2 is 1.76 bits per heavy atom. The molecule has 1 unspecified atom stereocenters. The number of anilines is 1. The summed E-state index contributed by atoms with van der Waals surface area (Å²) in [5.74, 6) is 0.496. The summed E-state index contributed by atoms with van der Waals surface area (Å²) < 4.78 is 5.41. The topological polar surface area (TPSA) is 83.6 Å². The number of amides is 2. The number of ether oxygens (including phenoxy) is 1. The summed E-state index contributed by atoms with van der Waals surface area (Å²) in [4.78, 5) is 32.3. The highest BCUT2D eigenvalue weighted by molar-refractivity contribution is 5.89. The second-order valence-electron chi connectivity index (χ2n) is 8.99. The average Bonchev–Trinajstić information content (AvgIpc) is 2.86. The van der Waals surface area contributed by atoms with Crippen LogP contribution in [0.25, 0.3) is 10.8 Å². The molecule has 2 aromatic carbocycles. The fourth-order valence-corrected chi connectivity index (χ4v) is 4.13. The zero-order valence-electron chi connectivity index (χ0n) is 19.8. The van der Waals surface area contributed by atoms with E-state index in [0.29, 0.717) is 19.8 Å². The molecule has 1 aliphatic heterocycles. The van der Waals surface area contributed by atoms with E-state index < -0.39 is 6.04 Å². The highest BCUT2D eigenvalue weighted by atomic mass is 16.5. The maximum absolute atomic E-state index is 12.9. The van der Waals surface area contributed by atoms with Crippen molar-refractivity contribution in [2.75, 3.05) is 31.2 Å². The van der Waals surface area contributed by atoms with Gasteiger partial charge in [-0.25, -0.2) is 4.98 Å². The molecule has 2 heterocycles. The van der Waals surface area contributed by atoms with Crippen LogP contribution in [0.4, 0.5) is 5.82 Å². The Morgan fingerprint density at radius 3 is 2.53 bits per heavy atom. The van der Waals surface area contributed by atoms with E-state index in [2.05, 4.69) is 20.5 Å². The van der Waals surface area contributed by atoms with Gasteiger partial charge >= 0.3 is 0 Å². The number of pyridine rings is 1. The number of fused-ring (bicyclic) bond motifs is 1. The molecule has 178 valence electrons. The molecule has 0 radical (unpaired) electrons. The molecular weight excluding hydrogens is 428 g/mol. The van der Waals surface area contributed by atoms with E-state index in [1.54, 1.807) is 6.20 Å². The lowest BCUT2D eigenvalue weighted by Gasteiger charge is -2.28. The molecule has 0 spiro atoms. The lowest BCUT2D eigenvalue weighted by Crippen LogP contribution is -2.49. The summed E-state index contributed by atoms with van der Waals surface area (Å²) in [6, 6.07) is 17.3. The van der Waals surface area contributed by atoms with E-state index in [0.717, 1.165) is 40.8 Å². The van der Waals surface area contributed by atoms with E-state index in [1.165, 1.54) is 0 Å². The van der Waals surface area contributed by atoms with Crippen molar-refractivity contribution in [2.45, 2.75) is 32.9 Å². The summed E-state index contributed by atoms with van der Waals surface area (Å²) in [7, 11) is 0. The summed E-state index contributed by atoms with van der Waals surface area (Å²) >= 11 is 0. The van der Waals surface area contributed by atoms with E-state index in [1.807, 2.05) is 68.4 Å². The number of hydrogen-bond acceptors (Lipinski definition) is 5. The SMILES string of the molecule is CC(C)C(NC(=O)Cc1ccc2ccccc2c1)C(=O)NCc1ccnc(N2CCOCC2)c1. The molecule has 7 nitrogen and oxygen atoms in total. The van der Waals surface area contributed by atoms with Gasteiger partial charge in [0.25, 0.3) is 0 Å². The quantitative estimate of drug-likeness (QED) is 0.540. The third-order valence-corrected chi connectivity index (χ3v) is 6.06. The molecule has 1 aliphatic rings. The van der Waals surface area contributed by atoms with Crippen molar-refractivity contribution in [2.24, 2.45) is 5.92 Å². The van der Waals surface area contributed by atoms with Gasteiger partial charge in [-0.15, -0.1) is 0 Å². The number of aromatic nitrogens is 1. The maximum atomic E-state index is 12.9. The van der Waals surface area contributed by atoms with Crippen LogP contribution in [0.3, 0.4) is 0 Å². The van der Waals surface area contributed by atoms with Crippen LogP contribution in [0.15, 0.2) is 60.8 Å². The molecule has 3 aromatic rings. The summed E-state index contributed by atoms with van der Waals surface area (Å²) in [5.41, 5.74) is 1.89. The third-order valence-electron chi connectivity index (χ3n) is 6.06. The summed E-state index contributed by atoms with van der Waals surface area (Å²) in [6.07, 6.45) is 1.99. The van der Waals surface area contributed by atoms with Gasteiger partial charge in [0.05, 0.1) is 19.6 Å². The van der Waals surface area contributed by atoms with Crippen molar-refractivity contribution >= 4 is 28.4 Å². The minimum absolute atomic E-state index is 0.0399. The van der Waals surface area contributed by atoms with E-state index >= 15 is 0 Å². The molecule has 1 atom stereocenters. The Morgan fingerprint density at radius 1 is 1.00 bits per heavy atom. The van der Waals surface area contributed by atoms with Crippen molar-refractivity contribution in [3.8, 4) is 0 Å². The van der Waals surface area contributed by atoms with Crippen LogP contribution >= 0.6 is 0 Å². The molecular formula is C27H32N4O3. The molecule has 0 bridgehead atoms. The number of morpholine rings is 1. The minimum Gasteiger partial charge on any atom is -0.378 e. The first kappa shape index (κ1) is 23.7. The molecule has 2 N–H and O–H groups in total. The Hall–Kier alpha value is -3.45. The van der Waals surface area contributed by atoms with Gasteiger partial charge < -0.3 is 20.3 Å². The van der Waals surface area contributed by atoms with Gasteiger partial charge in [-0.1, -0.05) is 56.3 Å². The molecule has 0 aliphatic carbocycles. The second kappa shape index (κ2) is 11.1. The molecule has 1 saturated heterocycles. The van der Waals surface area contributed by atoms with Gasteiger partial charge in [0.1, 0.15) is 11.9 Å². The predicted octanol–water partition coefficient (Wildman–Crippen LogP) is 3.07. The zero-order chi connectivity index (χ0) is 23.9. The van der Waals surface area contributed by atoms with Gasteiger partial charge in [-0.05, 0) is 39.9 Å². The Bertz CT molecular complexity index is 1140. The second-order valence-corrected chi connectivity index (χ2v) is 8.99. The van der Waals surface area contributed by atoms with Crippen LogP contribution in [0, 0.1) is 5.92 Å². The van der Waals surface area contributed by atoms with Crippen LogP contribution in [0.2, 0.25) is 0 Å². The zero-order valence-corrected chi connectivity index (χ0v) is 19.8. The Labute approximate surface area is 200 Å². The van der Waals surface area contributed by atoms with E-state index in [4.69, 9.17) is 4.74 Å². The van der Waals surface area contributed by atoms with E-state index in [-0.39, 0.29) is 24.2 Å². The van der Waals surface area contributed by atoms with Gasteiger partial charge in [0.2, 0.25) is 11.8 Å². The van der Waals surface area contributed by atoms with Crippen LogP contribution in [0.1, 0.15) is 25.0 Å².